The number of amides is 1. The largest absolute Gasteiger partial charge is 0.378 e. The number of likely N-dealkylation sites (tertiary alicyclic amines) is 1. The number of nitrogens with one attached hydrogen (secondary N) is 1. The van der Waals surface area contributed by atoms with Crippen molar-refractivity contribution >= 4 is 29.1 Å². The van der Waals surface area contributed by atoms with Crippen molar-refractivity contribution in [1.29, 1.82) is 0 Å². The topological polar surface area (TPSA) is 67.4 Å². The van der Waals surface area contributed by atoms with Crippen LogP contribution in [0, 0.1) is 6.92 Å². The summed E-state index contributed by atoms with van der Waals surface area (Å²) in [6.07, 6.45) is 3.26. The van der Waals surface area contributed by atoms with Crippen LogP contribution in [0.25, 0.3) is 0 Å². The highest BCUT2D eigenvalue weighted by Crippen LogP contribution is 2.25. The van der Waals surface area contributed by atoms with Gasteiger partial charge in [-0.15, -0.1) is 0 Å². The van der Waals surface area contributed by atoms with Crippen molar-refractivity contribution in [3.63, 3.8) is 0 Å². The van der Waals surface area contributed by atoms with E-state index in [1.807, 2.05) is 24.0 Å². The molecule has 32 heavy (non-hydrogen) atoms. The third-order valence-electron chi connectivity index (χ3n) is 6.27. The molecule has 1 amide bonds. The number of halogens is 3. The molecule has 2 aliphatic heterocycles. The van der Waals surface area contributed by atoms with E-state index >= 15 is 0 Å². The van der Waals surface area contributed by atoms with Gasteiger partial charge in [0.05, 0.1) is 22.3 Å². The first kappa shape index (κ1) is 23.4. The van der Waals surface area contributed by atoms with Gasteiger partial charge in [-0.05, 0) is 43.9 Å². The van der Waals surface area contributed by atoms with E-state index in [1.54, 1.807) is 6.07 Å². The number of alkyl halides is 1. The van der Waals surface area contributed by atoms with E-state index < -0.39 is 6.17 Å². The molecule has 2 saturated heterocycles. The first-order valence-electron chi connectivity index (χ1n) is 10.9. The van der Waals surface area contributed by atoms with Gasteiger partial charge in [-0.25, -0.2) is 14.4 Å². The Kier molecular flexibility index (Phi) is 7.61. The van der Waals surface area contributed by atoms with Crippen LogP contribution in [-0.2, 0) is 11.2 Å². The average Bonchev–Trinajstić information content (AvgIpc) is 2.79. The molecule has 0 aliphatic carbocycles. The first-order valence-corrected chi connectivity index (χ1v) is 11.7. The Labute approximate surface area is 197 Å². The lowest BCUT2D eigenvalue weighted by molar-refractivity contribution is 0.00840. The number of carbonyl (C=O) groups is 1. The summed E-state index contributed by atoms with van der Waals surface area (Å²) in [4.78, 5) is 23.7. The molecule has 0 bridgehead atoms. The molecule has 1 N–H and O–H groups in total. The predicted molar refractivity (Wildman–Crippen MR) is 122 cm³/mol. The molecular formula is C23H27Cl2FN4O2. The highest BCUT2D eigenvalue weighted by atomic mass is 35.5. The van der Waals surface area contributed by atoms with E-state index in [-0.39, 0.29) is 24.6 Å². The summed E-state index contributed by atoms with van der Waals surface area (Å²) in [6, 6.07) is 5.51. The fourth-order valence-corrected chi connectivity index (χ4v) is 4.64. The van der Waals surface area contributed by atoms with E-state index in [1.165, 1.54) is 6.33 Å². The van der Waals surface area contributed by atoms with Crippen LogP contribution in [-0.4, -0.2) is 65.3 Å². The molecule has 1 aromatic carbocycles. The van der Waals surface area contributed by atoms with E-state index in [4.69, 9.17) is 27.9 Å². The zero-order valence-corrected chi connectivity index (χ0v) is 19.5. The number of rotatable bonds is 5. The van der Waals surface area contributed by atoms with E-state index in [0.29, 0.717) is 48.3 Å². The van der Waals surface area contributed by atoms with Crippen LogP contribution in [0.3, 0.4) is 0 Å². The summed E-state index contributed by atoms with van der Waals surface area (Å²) in [5.41, 5.74) is 2.94. The molecule has 1 aromatic heterocycles. The molecule has 0 saturated carbocycles. The van der Waals surface area contributed by atoms with Crippen molar-refractivity contribution in [2.45, 2.75) is 50.9 Å². The molecule has 0 spiro atoms. The van der Waals surface area contributed by atoms with Crippen molar-refractivity contribution in [2.24, 2.45) is 0 Å². The van der Waals surface area contributed by atoms with Gasteiger partial charge in [0.2, 0.25) is 0 Å². The highest BCUT2D eigenvalue weighted by Gasteiger charge is 2.31. The van der Waals surface area contributed by atoms with Gasteiger partial charge in [0.15, 0.2) is 0 Å². The molecule has 2 aromatic rings. The summed E-state index contributed by atoms with van der Waals surface area (Å²) >= 11 is 12.1. The Morgan fingerprint density at radius 1 is 1.22 bits per heavy atom. The molecule has 2 fully saturated rings. The standard InChI is InChI=1S/C23H27Cl2FN4O2/c1-14-21(11-15-2-3-17(24)18(25)10-15)27-13-28-22(14)23(31)30-7-4-16(5-8-30)29-20-6-9-32-12-19(20)26/h2-3,10,13,16,19-20,29H,4-9,11-12H2,1H3/t19-,20+/m1/s1. The fourth-order valence-electron chi connectivity index (χ4n) is 4.32. The van der Waals surface area contributed by atoms with Gasteiger partial charge < -0.3 is 15.0 Å². The van der Waals surface area contributed by atoms with E-state index in [0.717, 1.165) is 29.7 Å². The maximum absolute atomic E-state index is 14.0. The third-order valence-corrected chi connectivity index (χ3v) is 7.00. The van der Waals surface area contributed by atoms with Crippen LogP contribution in [0.5, 0.6) is 0 Å². The van der Waals surface area contributed by atoms with Crippen molar-refractivity contribution in [3.8, 4) is 0 Å². The Morgan fingerprint density at radius 2 is 2.00 bits per heavy atom. The lowest BCUT2D eigenvalue weighted by Gasteiger charge is -2.36. The smallest absolute Gasteiger partial charge is 0.272 e. The van der Waals surface area contributed by atoms with Crippen LogP contribution in [0.2, 0.25) is 10.0 Å². The summed E-state index contributed by atoms with van der Waals surface area (Å²) in [5.74, 6) is -0.0897. The van der Waals surface area contributed by atoms with Crippen LogP contribution in [0.4, 0.5) is 4.39 Å². The maximum atomic E-state index is 14.0. The molecular weight excluding hydrogens is 454 g/mol. The SMILES string of the molecule is Cc1c(Cc2ccc(Cl)c(Cl)c2)ncnc1C(=O)N1CCC(N[C@H]2CCOC[C@H]2F)CC1. The fraction of sp³-hybridized carbons (Fsp3) is 0.522. The number of carbonyl (C=O) groups excluding carboxylic acids is 1. The lowest BCUT2D eigenvalue weighted by atomic mass is 9.99. The third kappa shape index (κ3) is 5.39. The van der Waals surface area contributed by atoms with Crippen molar-refractivity contribution < 1.29 is 13.9 Å². The Morgan fingerprint density at radius 3 is 2.72 bits per heavy atom. The number of benzene rings is 1. The minimum absolute atomic E-state index is 0.0897. The molecule has 172 valence electrons. The monoisotopic (exact) mass is 480 g/mol. The number of piperidine rings is 1. The zero-order chi connectivity index (χ0) is 22.7. The molecule has 6 nitrogen and oxygen atoms in total. The summed E-state index contributed by atoms with van der Waals surface area (Å²) < 4.78 is 19.2. The van der Waals surface area contributed by atoms with Gasteiger partial charge in [-0.2, -0.15) is 0 Å². The average molecular weight is 481 g/mol. The first-order chi connectivity index (χ1) is 15.4. The van der Waals surface area contributed by atoms with Crippen LogP contribution in [0.15, 0.2) is 24.5 Å². The van der Waals surface area contributed by atoms with Crippen LogP contribution < -0.4 is 5.32 Å². The second-order valence-electron chi connectivity index (χ2n) is 8.44. The molecule has 0 radical (unpaired) electrons. The summed E-state index contributed by atoms with van der Waals surface area (Å²) in [5, 5.41) is 4.42. The molecule has 3 heterocycles. The van der Waals surface area contributed by atoms with Gasteiger partial charge in [0.25, 0.3) is 5.91 Å². The predicted octanol–water partition coefficient (Wildman–Crippen LogP) is 4.00. The number of aromatic nitrogens is 2. The van der Waals surface area contributed by atoms with Crippen molar-refractivity contribution in [2.75, 3.05) is 26.3 Å². The molecule has 0 unspecified atom stereocenters. The molecule has 4 rings (SSSR count). The number of ether oxygens (including phenoxy) is 1. The second-order valence-corrected chi connectivity index (χ2v) is 9.25. The van der Waals surface area contributed by atoms with Crippen LogP contribution in [0.1, 0.15) is 46.6 Å². The van der Waals surface area contributed by atoms with Gasteiger partial charge in [-0.1, -0.05) is 29.3 Å². The van der Waals surface area contributed by atoms with Gasteiger partial charge in [0, 0.05) is 43.8 Å². The Balaban J connectivity index is 1.38. The van der Waals surface area contributed by atoms with E-state index in [2.05, 4.69) is 15.3 Å². The molecule has 9 heteroatoms. The molecule has 2 aliphatic rings. The van der Waals surface area contributed by atoms with Gasteiger partial charge >= 0.3 is 0 Å². The highest BCUT2D eigenvalue weighted by molar-refractivity contribution is 6.42. The quantitative estimate of drug-likeness (QED) is 0.700. The van der Waals surface area contributed by atoms with Gasteiger partial charge in [-0.3, -0.25) is 4.79 Å². The maximum Gasteiger partial charge on any atom is 0.272 e. The Bertz CT molecular complexity index is 969. The summed E-state index contributed by atoms with van der Waals surface area (Å²) in [6.45, 7) is 3.85. The van der Waals surface area contributed by atoms with Gasteiger partial charge in [0.1, 0.15) is 18.2 Å². The van der Waals surface area contributed by atoms with Crippen molar-refractivity contribution in [3.05, 3.63) is 57.1 Å². The minimum Gasteiger partial charge on any atom is -0.378 e. The molecule has 2 atom stereocenters. The second kappa shape index (κ2) is 10.4. The normalized spacial score (nSPS) is 22.2. The number of hydrogen-bond acceptors (Lipinski definition) is 5. The number of hydrogen-bond donors (Lipinski definition) is 1. The zero-order valence-electron chi connectivity index (χ0n) is 18.0. The number of nitrogens with zero attached hydrogens (tertiary/aromatic N) is 3. The van der Waals surface area contributed by atoms with Crippen LogP contribution >= 0.6 is 23.2 Å². The summed E-state index contributed by atoms with van der Waals surface area (Å²) in [7, 11) is 0. The lowest BCUT2D eigenvalue weighted by Crippen LogP contribution is -2.52. The van der Waals surface area contributed by atoms with E-state index in [9.17, 15) is 9.18 Å². The van der Waals surface area contributed by atoms with Crippen molar-refractivity contribution in [1.82, 2.24) is 20.2 Å². The minimum atomic E-state index is -0.971. The Hall–Kier alpha value is -1.80.